The molecule has 1 rings (SSSR count). The first-order chi connectivity index (χ1) is 8.99. The first-order valence-corrected chi connectivity index (χ1v) is 6.95. The molecular weight excluding hydrogens is 238 g/mol. The van der Waals surface area contributed by atoms with Crippen LogP contribution in [0.3, 0.4) is 0 Å². The Kier molecular flexibility index (Phi) is 5.80. The lowest BCUT2D eigenvalue weighted by Gasteiger charge is -2.28. The Balaban J connectivity index is 2.92. The van der Waals surface area contributed by atoms with Crippen LogP contribution in [0.25, 0.3) is 0 Å². The highest BCUT2D eigenvalue weighted by Gasteiger charge is 2.22. The van der Waals surface area contributed by atoms with Gasteiger partial charge in [-0.25, -0.2) is 4.98 Å². The van der Waals surface area contributed by atoms with Crippen LogP contribution in [0.15, 0.2) is 18.3 Å². The number of rotatable bonds is 6. The van der Waals surface area contributed by atoms with E-state index in [-0.39, 0.29) is 11.9 Å². The molecule has 1 aromatic rings. The predicted molar refractivity (Wildman–Crippen MR) is 79.4 cm³/mol. The molecule has 0 aliphatic carbocycles. The normalized spacial score (nSPS) is 12.3. The molecule has 1 unspecified atom stereocenters. The summed E-state index contributed by atoms with van der Waals surface area (Å²) in [6, 6.07) is 3.83. The molecule has 1 heterocycles. The van der Waals surface area contributed by atoms with Crippen LogP contribution < -0.4 is 5.32 Å². The first-order valence-electron chi connectivity index (χ1n) is 6.95. The van der Waals surface area contributed by atoms with Gasteiger partial charge in [-0.05, 0) is 31.4 Å². The predicted octanol–water partition coefficient (Wildman–Crippen LogP) is 3.02. The number of anilines is 1. The summed E-state index contributed by atoms with van der Waals surface area (Å²) in [5, 5.41) is 3.21. The summed E-state index contributed by atoms with van der Waals surface area (Å²) >= 11 is 0. The van der Waals surface area contributed by atoms with Gasteiger partial charge in [-0.15, -0.1) is 0 Å². The van der Waals surface area contributed by atoms with Gasteiger partial charge in [0.1, 0.15) is 5.82 Å². The lowest BCUT2D eigenvalue weighted by atomic mass is 10.0. The number of nitrogens with zero attached hydrogens (tertiary/aromatic N) is 2. The van der Waals surface area contributed by atoms with Crippen molar-refractivity contribution < 1.29 is 4.79 Å². The average Bonchev–Trinajstić information content (AvgIpc) is 2.42. The van der Waals surface area contributed by atoms with Crippen LogP contribution in [0.4, 0.5) is 5.82 Å². The minimum Gasteiger partial charge on any atom is -0.369 e. The van der Waals surface area contributed by atoms with Gasteiger partial charge in [0, 0.05) is 25.8 Å². The molecule has 0 radical (unpaired) electrons. The average molecular weight is 263 g/mol. The van der Waals surface area contributed by atoms with Crippen molar-refractivity contribution in [1.29, 1.82) is 0 Å². The van der Waals surface area contributed by atoms with Gasteiger partial charge < -0.3 is 10.2 Å². The van der Waals surface area contributed by atoms with E-state index in [1.165, 1.54) is 0 Å². The molecule has 0 fully saturated rings. The first kappa shape index (κ1) is 15.5. The molecular formula is C15H25N3O. The zero-order valence-corrected chi connectivity index (χ0v) is 12.6. The van der Waals surface area contributed by atoms with Crippen molar-refractivity contribution in [2.75, 3.05) is 18.9 Å². The SMILES string of the molecule is CCCNc1ncccc1C(=O)N(C)C(C)C(C)C. The van der Waals surface area contributed by atoms with Gasteiger partial charge in [-0.3, -0.25) is 4.79 Å². The molecule has 0 aliphatic rings. The fourth-order valence-corrected chi connectivity index (χ4v) is 1.78. The molecule has 0 aliphatic heterocycles. The van der Waals surface area contributed by atoms with Gasteiger partial charge in [-0.2, -0.15) is 0 Å². The van der Waals surface area contributed by atoms with Crippen molar-refractivity contribution in [3.05, 3.63) is 23.9 Å². The molecule has 0 bridgehead atoms. The molecule has 1 N–H and O–H groups in total. The van der Waals surface area contributed by atoms with E-state index in [1.54, 1.807) is 17.2 Å². The Morgan fingerprint density at radius 1 is 1.42 bits per heavy atom. The van der Waals surface area contributed by atoms with Crippen molar-refractivity contribution in [3.8, 4) is 0 Å². The van der Waals surface area contributed by atoms with Gasteiger partial charge in [-0.1, -0.05) is 20.8 Å². The van der Waals surface area contributed by atoms with Crippen LogP contribution in [0.1, 0.15) is 44.5 Å². The number of amides is 1. The Morgan fingerprint density at radius 2 is 2.11 bits per heavy atom. The lowest BCUT2D eigenvalue weighted by Crippen LogP contribution is -2.38. The van der Waals surface area contributed by atoms with Crippen molar-refractivity contribution in [2.45, 2.75) is 40.2 Å². The van der Waals surface area contributed by atoms with Crippen molar-refractivity contribution in [2.24, 2.45) is 5.92 Å². The summed E-state index contributed by atoms with van der Waals surface area (Å²) in [5.41, 5.74) is 0.644. The summed E-state index contributed by atoms with van der Waals surface area (Å²) in [7, 11) is 1.85. The summed E-state index contributed by atoms with van der Waals surface area (Å²) in [5.74, 6) is 1.13. The van der Waals surface area contributed by atoms with E-state index in [9.17, 15) is 4.79 Å². The Morgan fingerprint density at radius 3 is 2.68 bits per heavy atom. The second-order valence-electron chi connectivity index (χ2n) is 5.23. The van der Waals surface area contributed by atoms with Crippen LogP contribution in [0, 0.1) is 5.92 Å². The molecule has 19 heavy (non-hydrogen) atoms. The monoisotopic (exact) mass is 263 g/mol. The fraction of sp³-hybridized carbons (Fsp3) is 0.600. The second-order valence-corrected chi connectivity index (χ2v) is 5.23. The number of aromatic nitrogens is 1. The van der Waals surface area contributed by atoms with E-state index in [0.717, 1.165) is 13.0 Å². The number of nitrogens with one attached hydrogen (secondary N) is 1. The minimum absolute atomic E-state index is 0.0212. The Labute approximate surface area is 116 Å². The van der Waals surface area contributed by atoms with Gasteiger partial charge in [0.25, 0.3) is 5.91 Å². The highest BCUT2D eigenvalue weighted by Crippen LogP contribution is 2.17. The second kappa shape index (κ2) is 7.12. The highest BCUT2D eigenvalue weighted by atomic mass is 16.2. The van der Waals surface area contributed by atoms with E-state index in [0.29, 0.717) is 17.3 Å². The summed E-state index contributed by atoms with van der Waals surface area (Å²) in [4.78, 5) is 18.6. The molecule has 0 saturated heterocycles. The maximum Gasteiger partial charge on any atom is 0.257 e. The topological polar surface area (TPSA) is 45.2 Å². The van der Waals surface area contributed by atoms with Crippen molar-refractivity contribution in [3.63, 3.8) is 0 Å². The third kappa shape index (κ3) is 3.94. The van der Waals surface area contributed by atoms with Gasteiger partial charge in [0.15, 0.2) is 0 Å². The Hall–Kier alpha value is -1.58. The van der Waals surface area contributed by atoms with Gasteiger partial charge in [0.05, 0.1) is 5.56 Å². The number of hydrogen-bond acceptors (Lipinski definition) is 3. The molecule has 1 amide bonds. The molecule has 4 nitrogen and oxygen atoms in total. The van der Waals surface area contributed by atoms with E-state index in [2.05, 4.69) is 38.0 Å². The van der Waals surface area contributed by atoms with E-state index < -0.39 is 0 Å². The standard InChI is InChI=1S/C15H25N3O/c1-6-9-16-14-13(8-7-10-17-14)15(19)18(5)12(4)11(2)3/h7-8,10-12H,6,9H2,1-5H3,(H,16,17). The largest absolute Gasteiger partial charge is 0.369 e. The molecule has 0 spiro atoms. The molecule has 1 atom stereocenters. The maximum atomic E-state index is 12.5. The number of carbonyl (C=O) groups excluding carboxylic acids is 1. The lowest BCUT2D eigenvalue weighted by molar-refractivity contribution is 0.0707. The number of pyridine rings is 1. The zero-order valence-electron chi connectivity index (χ0n) is 12.6. The van der Waals surface area contributed by atoms with E-state index in [1.807, 2.05) is 13.1 Å². The quantitative estimate of drug-likeness (QED) is 0.858. The van der Waals surface area contributed by atoms with Crippen LogP contribution in [0.2, 0.25) is 0 Å². The maximum absolute atomic E-state index is 12.5. The van der Waals surface area contributed by atoms with Gasteiger partial charge in [0.2, 0.25) is 0 Å². The van der Waals surface area contributed by atoms with Gasteiger partial charge >= 0.3 is 0 Å². The fourth-order valence-electron chi connectivity index (χ4n) is 1.78. The molecule has 106 valence electrons. The molecule has 0 aromatic carbocycles. The molecule has 0 saturated carbocycles. The smallest absolute Gasteiger partial charge is 0.257 e. The van der Waals surface area contributed by atoms with Crippen LogP contribution in [-0.2, 0) is 0 Å². The van der Waals surface area contributed by atoms with Crippen molar-refractivity contribution >= 4 is 11.7 Å². The van der Waals surface area contributed by atoms with Crippen LogP contribution >= 0.6 is 0 Å². The molecule has 1 aromatic heterocycles. The minimum atomic E-state index is 0.0212. The summed E-state index contributed by atoms with van der Waals surface area (Å²) in [6.45, 7) is 9.21. The number of hydrogen-bond donors (Lipinski definition) is 1. The van der Waals surface area contributed by atoms with E-state index in [4.69, 9.17) is 0 Å². The summed E-state index contributed by atoms with van der Waals surface area (Å²) in [6.07, 6.45) is 2.71. The summed E-state index contributed by atoms with van der Waals surface area (Å²) < 4.78 is 0. The third-order valence-corrected chi connectivity index (χ3v) is 3.48. The van der Waals surface area contributed by atoms with Crippen LogP contribution in [0.5, 0.6) is 0 Å². The van der Waals surface area contributed by atoms with Crippen LogP contribution in [-0.4, -0.2) is 35.4 Å². The molecule has 4 heteroatoms. The third-order valence-electron chi connectivity index (χ3n) is 3.48. The highest BCUT2D eigenvalue weighted by molar-refractivity contribution is 5.98. The number of carbonyl (C=O) groups is 1. The van der Waals surface area contributed by atoms with E-state index >= 15 is 0 Å². The Bertz CT molecular complexity index is 418. The van der Waals surface area contributed by atoms with Crippen molar-refractivity contribution in [1.82, 2.24) is 9.88 Å². The zero-order chi connectivity index (χ0) is 14.4.